The van der Waals surface area contributed by atoms with E-state index in [0.29, 0.717) is 11.3 Å². The van der Waals surface area contributed by atoms with Crippen LogP contribution < -0.4 is 10.4 Å². The first-order chi connectivity index (χ1) is 12.6. The molecule has 10 heteroatoms. The molecule has 1 aromatic carbocycles. The van der Waals surface area contributed by atoms with Crippen LogP contribution in [0, 0.1) is 10.1 Å². The lowest BCUT2D eigenvalue weighted by Crippen LogP contribution is -2.02. The van der Waals surface area contributed by atoms with Crippen LogP contribution in [0.5, 0.6) is 10.8 Å². The molecule has 27 heavy (non-hydrogen) atoms. The van der Waals surface area contributed by atoms with Gasteiger partial charge in [-0.15, -0.1) is 0 Å². The van der Waals surface area contributed by atoms with Crippen LogP contribution in [0.2, 0.25) is 0 Å². The van der Waals surface area contributed by atoms with Gasteiger partial charge in [-0.1, -0.05) is 25.2 Å². The SMILES string of the molecule is CC(C)c1cc(=O)oc2cc(Oc3sc(S(C)(=O)=O)cc3[N+](=O)[O-])ccc12. The largest absolute Gasteiger partial charge is 0.440 e. The molecule has 0 saturated carbocycles. The van der Waals surface area contributed by atoms with Gasteiger partial charge in [0.25, 0.3) is 5.06 Å². The minimum absolute atomic E-state index is 0.0964. The molecule has 0 fully saturated rings. The Bertz CT molecular complexity index is 1210. The number of nitro groups is 1. The van der Waals surface area contributed by atoms with Crippen LogP contribution in [0.15, 0.2) is 43.8 Å². The molecule has 0 aliphatic carbocycles. The van der Waals surface area contributed by atoms with Crippen molar-refractivity contribution >= 4 is 37.8 Å². The summed E-state index contributed by atoms with van der Waals surface area (Å²) in [4.78, 5) is 22.3. The van der Waals surface area contributed by atoms with Crippen molar-refractivity contribution < 1.29 is 22.5 Å². The molecule has 0 atom stereocenters. The van der Waals surface area contributed by atoms with E-state index in [1.165, 1.54) is 12.1 Å². The summed E-state index contributed by atoms with van der Waals surface area (Å²) < 4.78 is 33.9. The number of hydrogen-bond acceptors (Lipinski definition) is 8. The third kappa shape index (κ3) is 3.86. The smallest absolute Gasteiger partial charge is 0.336 e. The zero-order chi connectivity index (χ0) is 19.9. The minimum Gasteiger partial charge on any atom is -0.440 e. The molecule has 0 unspecified atom stereocenters. The maximum absolute atomic E-state index is 11.8. The Hall–Kier alpha value is -2.72. The minimum atomic E-state index is -3.61. The first-order valence-corrected chi connectivity index (χ1v) is 10.5. The maximum Gasteiger partial charge on any atom is 0.336 e. The van der Waals surface area contributed by atoms with Gasteiger partial charge in [-0.05, 0) is 23.6 Å². The number of rotatable bonds is 5. The summed E-state index contributed by atoms with van der Waals surface area (Å²) >= 11 is 0.662. The third-order valence-corrected chi connectivity index (χ3v) is 6.60. The van der Waals surface area contributed by atoms with Gasteiger partial charge in [-0.25, -0.2) is 13.2 Å². The Morgan fingerprint density at radius 1 is 1.22 bits per heavy atom. The van der Waals surface area contributed by atoms with E-state index in [0.717, 1.165) is 23.3 Å². The number of nitrogens with zero attached hydrogens (tertiary/aromatic N) is 1. The van der Waals surface area contributed by atoms with E-state index >= 15 is 0 Å². The van der Waals surface area contributed by atoms with Gasteiger partial charge < -0.3 is 9.15 Å². The fourth-order valence-corrected chi connectivity index (χ4v) is 4.43. The second-order valence-electron chi connectivity index (χ2n) is 6.20. The molecule has 8 nitrogen and oxygen atoms in total. The molecular formula is C17H15NO7S2. The number of benzene rings is 1. The van der Waals surface area contributed by atoms with Crippen LogP contribution in [-0.4, -0.2) is 19.6 Å². The molecule has 142 valence electrons. The van der Waals surface area contributed by atoms with Crippen LogP contribution in [0.3, 0.4) is 0 Å². The van der Waals surface area contributed by atoms with Crippen LogP contribution in [0.4, 0.5) is 5.69 Å². The van der Waals surface area contributed by atoms with Gasteiger partial charge in [0.1, 0.15) is 15.5 Å². The number of sulfone groups is 1. The Kier molecular flexibility index (Phi) is 4.79. The predicted octanol–water partition coefficient (Wildman–Crippen LogP) is 4.08. The summed E-state index contributed by atoms with van der Waals surface area (Å²) in [5.74, 6) is 0.288. The lowest BCUT2D eigenvalue weighted by Gasteiger charge is -2.09. The topological polar surface area (TPSA) is 117 Å². The Labute approximate surface area is 158 Å². The number of fused-ring (bicyclic) bond motifs is 1. The molecule has 0 bridgehead atoms. The van der Waals surface area contributed by atoms with Crippen molar-refractivity contribution in [2.75, 3.05) is 6.26 Å². The van der Waals surface area contributed by atoms with Crippen molar-refractivity contribution in [1.29, 1.82) is 0 Å². The van der Waals surface area contributed by atoms with Crippen molar-refractivity contribution in [3.8, 4) is 10.8 Å². The van der Waals surface area contributed by atoms with Crippen molar-refractivity contribution in [2.24, 2.45) is 0 Å². The van der Waals surface area contributed by atoms with E-state index in [9.17, 15) is 23.3 Å². The van der Waals surface area contributed by atoms with Crippen LogP contribution >= 0.6 is 11.3 Å². The quantitative estimate of drug-likeness (QED) is 0.354. The van der Waals surface area contributed by atoms with Gasteiger partial charge in [0, 0.05) is 29.8 Å². The first kappa shape index (κ1) is 19.1. The summed E-state index contributed by atoms with van der Waals surface area (Å²) in [6, 6.07) is 7.12. The van der Waals surface area contributed by atoms with E-state index in [1.54, 1.807) is 12.1 Å². The monoisotopic (exact) mass is 409 g/mol. The molecule has 0 spiro atoms. The molecule has 2 aromatic heterocycles. The van der Waals surface area contributed by atoms with Gasteiger partial charge in [-0.3, -0.25) is 10.1 Å². The number of hydrogen-bond donors (Lipinski definition) is 0. The fourth-order valence-electron chi connectivity index (χ4n) is 2.54. The van der Waals surface area contributed by atoms with Crippen LogP contribution in [0.1, 0.15) is 25.3 Å². The normalized spacial score (nSPS) is 11.9. The fraction of sp³-hybridized carbons (Fsp3) is 0.235. The zero-order valence-corrected chi connectivity index (χ0v) is 16.2. The second kappa shape index (κ2) is 6.78. The number of thiophene rings is 1. The van der Waals surface area contributed by atoms with E-state index in [-0.39, 0.29) is 26.5 Å². The molecule has 0 radical (unpaired) electrons. The highest BCUT2D eigenvalue weighted by Gasteiger charge is 2.25. The highest BCUT2D eigenvalue weighted by Crippen LogP contribution is 2.42. The maximum atomic E-state index is 11.8. The molecule has 0 N–H and O–H groups in total. The van der Waals surface area contributed by atoms with E-state index in [4.69, 9.17) is 9.15 Å². The molecule has 2 heterocycles. The van der Waals surface area contributed by atoms with E-state index in [2.05, 4.69) is 0 Å². The molecule has 0 amide bonds. The molecule has 3 aromatic rings. The van der Waals surface area contributed by atoms with Crippen molar-refractivity contribution in [3.63, 3.8) is 0 Å². The average molecular weight is 409 g/mol. The molecule has 0 saturated heterocycles. The molecule has 0 aliphatic rings. The van der Waals surface area contributed by atoms with Gasteiger partial charge in [0.05, 0.1) is 4.92 Å². The molecular weight excluding hydrogens is 394 g/mol. The third-order valence-electron chi connectivity index (χ3n) is 3.80. The van der Waals surface area contributed by atoms with E-state index in [1.807, 2.05) is 13.8 Å². The highest BCUT2D eigenvalue weighted by atomic mass is 32.2. The molecule has 0 aliphatic heterocycles. The Morgan fingerprint density at radius 2 is 1.93 bits per heavy atom. The number of ether oxygens (including phenoxy) is 1. The van der Waals surface area contributed by atoms with Crippen molar-refractivity contribution in [3.05, 3.63) is 56.4 Å². The van der Waals surface area contributed by atoms with Crippen LogP contribution in [-0.2, 0) is 9.84 Å². The van der Waals surface area contributed by atoms with Gasteiger partial charge in [0.2, 0.25) is 0 Å². The summed E-state index contributed by atoms with van der Waals surface area (Å²) in [6.07, 6.45) is 0.963. The Balaban J connectivity index is 2.09. The predicted molar refractivity (Wildman–Crippen MR) is 101 cm³/mol. The molecule has 3 rings (SSSR count). The highest BCUT2D eigenvalue weighted by molar-refractivity contribution is 7.92. The Morgan fingerprint density at radius 3 is 2.52 bits per heavy atom. The lowest BCUT2D eigenvalue weighted by atomic mass is 10.00. The van der Waals surface area contributed by atoms with Crippen LogP contribution in [0.25, 0.3) is 11.0 Å². The van der Waals surface area contributed by atoms with Crippen molar-refractivity contribution in [1.82, 2.24) is 0 Å². The summed E-state index contributed by atoms with van der Waals surface area (Å²) in [5, 5.41) is 11.8. The summed E-state index contributed by atoms with van der Waals surface area (Å²) in [7, 11) is -3.61. The summed E-state index contributed by atoms with van der Waals surface area (Å²) in [6.45, 7) is 3.89. The van der Waals surface area contributed by atoms with Crippen molar-refractivity contribution in [2.45, 2.75) is 24.0 Å². The second-order valence-corrected chi connectivity index (χ2v) is 9.46. The first-order valence-electron chi connectivity index (χ1n) is 7.80. The average Bonchev–Trinajstić information content (AvgIpc) is 2.98. The summed E-state index contributed by atoms with van der Waals surface area (Å²) in [5.41, 5.74) is 0.142. The van der Waals surface area contributed by atoms with Gasteiger partial charge in [-0.2, -0.15) is 0 Å². The van der Waals surface area contributed by atoms with Gasteiger partial charge in [0.15, 0.2) is 9.84 Å². The van der Waals surface area contributed by atoms with Gasteiger partial charge >= 0.3 is 11.3 Å². The zero-order valence-electron chi connectivity index (χ0n) is 14.6. The standard InChI is InChI=1S/C17H15NO7S2/c1-9(2)12-7-15(19)25-14-6-10(4-5-11(12)14)24-17-13(18(20)21)8-16(26-17)27(3,22)23/h4-9H,1-3H3. The van der Waals surface area contributed by atoms with E-state index < -0.39 is 26.1 Å². The lowest BCUT2D eigenvalue weighted by molar-refractivity contribution is -0.385.